The molecular formula is C16H24N6O2. The number of amides is 2. The third kappa shape index (κ3) is 6.96. The number of nitrogens with one attached hydrogen (secondary N) is 4. The highest BCUT2D eigenvalue weighted by Gasteiger charge is 2.09. The number of nitriles is 1. The first-order chi connectivity index (χ1) is 11.3. The number of rotatable bonds is 8. The number of nitrogens with zero attached hydrogens (tertiary/aromatic N) is 2. The second kappa shape index (κ2) is 9.35. The van der Waals surface area contributed by atoms with Crippen LogP contribution in [-0.4, -0.2) is 42.0 Å². The molecule has 0 radical (unpaired) electrons. The first kappa shape index (κ1) is 19.2. The zero-order chi connectivity index (χ0) is 18.1. The van der Waals surface area contributed by atoms with Crippen LogP contribution in [0.25, 0.3) is 0 Å². The molecule has 0 fully saturated rings. The van der Waals surface area contributed by atoms with Gasteiger partial charge in [-0.3, -0.25) is 9.59 Å². The average Bonchev–Trinajstić information content (AvgIpc) is 2.49. The summed E-state index contributed by atoms with van der Waals surface area (Å²) in [6.45, 7) is 7.57. The largest absolute Gasteiger partial charge is 0.361 e. The van der Waals surface area contributed by atoms with Gasteiger partial charge in [0.25, 0.3) is 0 Å². The minimum absolute atomic E-state index is 0.0111. The van der Waals surface area contributed by atoms with Crippen LogP contribution in [0, 0.1) is 11.3 Å². The van der Waals surface area contributed by atoms with E-state index in [1.807, 2.05) is 33.8 Å². The number of aromatic nitrogens is 1. The molecule has 0 saturated heterocycles. The summed E-state index contributed by atoms with van der Waals surface area (Å²) in [5.74, 6) is 0.401. The summed E-state index contributed by atoms with van der Waals surface area (Å²) in [7, 11) is 0. The Morgan fingerprint density at radius 3 is 2.08 bits per heavy atom. The van der Waals surface area contributed by atoms with Crippen molar-refractivity contribution in [2.45, 2.75) is 39.8 Å². The van der Waals surface area contributed by atoms with E-state index in [1.54, 1.807) is 12.1 Å². The molecule has 4 N–H and O–H groups in total. The van der Waals surface area contributed by atoms with E-state index in [-0.39, 0.29) is 37.0 Å². The minimum atomic E-state index is -0.189. The van der Waals surface area contributed by atoms with E-state index in [0.717, 1.165) is 0 Å². The highest BCUT2D eigenvalue weighted by atomic mass is 16.2. The van der Waals surface area contributed by atoms with Crippen LogP contribution in [0.2, 0.25) is 0 Å². The molecule has 0 atom stereocenters. The second-order valence-corrected chi connectivity index (χ2v) is 5.86. The Bertz CT molecular complexity index is 621. The normalized spacial score (nSPS) is 10.2. The van der Waals surface area contributed by atoms with Gasteiger partial charge in [0.15, 0.2) is 0 Å². The topological polar surface area (TPSA) is 119 Å². The maximum atomic E-state index is 11.7. The molecule has 0 spiro atoms. The second-order valence-electron chi connectivity index (χ2n) is 5.86. The molecule has 0 aliphatic rings. The van der Waals surface area contributed by atoms with Crippen molar-refractivity contribution in [2.24, 2.45) is 0 Å². The third-order valence-corrected chi connectivity index (χ3v) is 2.76. The molecule has 1 aromatic heterocycles. The van der Waals surface area contributed by atoms with Gasteiger partial charge in [-0.15, -0.1) is 0 Å². The molecule has 1 aromatic rings. The van der Waals surface area contributed by atoms with Crippen LogP contribution in [0.5, 0.6) is 0 Å². The summed E-state index contributed by atoms with van der Waals surface area (Å²) >= 11 is 0. The standard InChI is InChI=1S/C16H24N6O2/c1-10(2)20-14(23)8-18-13-6-5-12(7-17)16(22-13)19-9-15(24)21-11(3)4/h5-6,10-11H,8-9H2,1-4H3,(H,20,23)(H,21,24)(H2,18,19,22). The van der Waals surface area contributed by atoms with E-state index >= 15 is 0 Å². The molecule has 0 unspecified atom stereocenters. The number of hydrogen-bond donors (Lipinski definition) is 4. The Morgan fingerprint density at radius 2 is 1.58 bits per heavy atom. The van der Waals surface area contributed by atoms with Crippen molar-refractivity contribution in [3.8, 4) is 6.07 Å². The summed E-state index contributed by atoms with van der Waals surface area (Å²) in [5.41, 5.74) is 0.324. The molecule has 24 heavy (non-hydrogen) atoms. The zero-order valence-electron chi connectivity index (χ0n) is 14.4. The highest BCUT2D eigenvalue weighted by molar-refractivity contribution is 5.82. The van der Waals surface area contributed by atoms with Gasteiger partial charge in [0.1, 0.15) is 17.7 Å². The lowest BCUT2D eigenvalue weighted by Gasteiger charge is -2.13. The number of pyridine rings is 1. The number of carbonyl (C=O) groups is 2. The van der Waals surface area contributed by atoms with Gasteiger partial charge in [-0.05, 0) is 39.8 Å². The van der Waals surface area contributed by atoms with Crippen LogP contribution in [-0.2, 0) is 9.59 Å². The fourth-order valence-corrected chi connectivity index (χ4v) is 1.86. The third-order valence-electron chi connectivity index (χ3n) is 2.76. The van der Waals surface area contributed by atoms with Crippen LogP contribution < -0.4 is 21.3 Å². The van der Waals surface area contributed by atoms with Gasteiger partial charge >= 0.3 is 0 Å². The van der Waals surface area contributed by atoms with Gasteiger partial charge in [-0.1, -0.05) is 0 Å². The molecule has 0 aromatic carbocycles. The van der Waals surface area contributed by atoms with E-state index < -0.39 is 0 Å². The molecule has 2 amide bonds. The molecular weight excluding hydrogens is 308 g/mol. The first-order valence-electron chi connectivity index (χ1n) is 7.79. The van der Waals surface area contributed by atoms with Gasteiger partial charge in [0.05, 0.1) is 18.7 Å². The van der Waals surface area contributed by atoms with E-state index in [0.29, 0.717) is 17.2 Å². The first-order valence-corrected chi connectivity index (χ1v) is 7.79. The summed E-state index contributed by atoms with van der Waals surface area (Å²) in [5, 5.41) is 20.4. The van der Waals surface area contributed by atoms with Crippen molar-refractivity contribution in [1.82, 2.24) is 15.6 Å². The van der Waals surface area contributed by atoms with Crippen LogP contribution in [0.1, 0.15) is 33.3 Å². The monoisotopic (exact) mass is 332 g/mol. The molecule has 0 bridgehead atoms. The quantitative estimate of drug-likeness (QED) is 0.560. The van der Waals surface area contributed by atoms with Crippen molar-refractivity contribution in [2.75, 3.05) is 23.7 Å². The maximum absolute atomic E-state index is 11.7. The average molecular weight is 332 g/mol. The predicted octanol–water partition coefficient (Wildman–Crippen LogP) is 0.826. The van der Waals surface area contributed by atoms with Crippen molar-refractivity contribution < 1.29 is 9.59 Å². The van der Waals surface area contributed by atoms with Gasteiger partial charge in [-0.2, -0.15) is 5.26 Å². The smallest absolute Gasteiger partial charge is 0.239 e. The van der Waals surface area contributed by atoms with Crippen molar-refractivity contribution in [3.05, 3.63) is 17.7 Å². The molecule has 0 saturated carbocycles. The molecule has 8 nitrogen and oxygen atoms in total. The molecule has 0 aliphatic carbocycles. The van der Waals surface area contributed by atoms with Gasteiger partial charge in [-0.25, -0.2) is 4.98 Å². The summed E-state index contributed by atoms with van der Waals surface area (Å²) in [6, 6.07) is 5.31. The SMILES string of the molecule is CC(C)NC(=O)CNc1ccc(C#N)c(NCC(=O)NC(C)C)n1. The fraction of sp³-hybridized carbons (Fsp3) is 0.500. The lowest BCUT2D eigenvalue weighted by Crippen LogP contribution is -2.35. The van der Waals surface area contributed by atoms with E-state index in [1.165, 1.54) is 0 Å². The van der Waals surface area contributed by atoms with E-state index in [9.17, 15) is 9.59 Å². The van der Waals surface area contributed by atoms with Gasteiger partial charge in [0.2, 0.25) is 11.8 Å². The molecule has 1 rings (SSSR count). The minimum Gasteiger partial charge on any atom is -0.361 e. The van der Waals surface area contributed by atoms with Crippen LogP contribution in [0.3, 0.4) is 0 Å². The zero-order valence-corrected chi connectivity index (χ0v) is 14.4. The van der Waals surface area contributed by atoms with Crippen LogP contribution in [0.15, 0.2) is 12.1 Å². The highest BCUT2D eigenvalue weighted by Crippen LogP contribution is 2.15. The van der Waals surface area contributed by atoms with Crippen LogP contribution in [0.4, 0.5) is 11.6 Å². The Balaban J connectivity index is 2.69. The van der Waals surface area contributed by atoms with Crippen LogP contribution >= 0.6 is 0 Å². The summed E-state index contributed by atoms with van der Waals surface area (Å²) in [6.07, 6.45) is 0. The fourth-order valence-electron chi connectivity index (χ4n) is 1.86. The van der Waals surface area contributed by atoms with E-state index in [2.05, 4.69) is 26.3 Å². The molecule has 130 valence electrons. The molecule has 1 heterocycles. The lowest BCUT2D eigenvalue weighted by atomic mass is 10.2. The predicted molar refractivity (Wildman–Crippen MR) is 92.5 cm³/mol. The Labute approximate surface area is 142 Å². The van der Waals surface area contributed by atoms with Crippen molar-refractivity contribution in [3.63, 3.8) is 0 Å². The molecule has 8 heteroatoms. The Hall–Kier alpha value is -2.82. The van der Waals surface area contributed by atoms with E-state index in [4.69, 9.17) is 5.26 Å². The number of carbonyl (C=O) groups excluding carboxylic acids is 2. The van der Waals surface area contributed by atoms with Gasteiger partial charge in [0, 0.05) is 12.1 Å². The number of hydrogen-bond acceptors (Lipinski definition) is 6. The van der Waals surface area contributed by atoms with Gasteiger partial charge < -0.3 is 21.3 Å². The lowest BCUT2D eigenvalue weighted by molar-refractivity contribution is -0.120. The summed E-state index contributed by atoms with van der Waals surface area (Å²) < 4.78 is 0. The number of anilines is 2. The Morgan fingerprint density at radius 1 is 1.04 bits per heavy atom. The maximum Gasteiger partial charge on any atom is 0.239 e. The molecule has 0 aliphatic heterocycles. The summed E-state index contributed by atoms with van der Waals surface area (Å²) in [4.78, 5) is 27.5. The van der Waals surface area contributed by atoms with Crippen molar-refractivity contribution >= 4 is 23.5 Å². The van der Waals surface area contributed by atoms with Crippen molar-refractivity contribution in [1.29, 1.82) is 5.26 Å². The Kier molecular flexibility index (Phi) is 7.49.